The molecule has 2 N–H and O–H groups in total. The molecule has 3 rings (SSSR count). The van der Waals surface area contributed by atoms with E-state index >= 15 is 0 Å². The van der Waals surface area contributed by atoms with E-state index in [0.717, 1.165) is 6.42 Å². The smallest absolute Gasteiger partial charge is 0.106 e. The Labute approximate surface area is 110 Å². The molecule has 1 aromatic rings. The summed E-state index contributed by atoms with van der Waals surface area (Å²) in [6.45, 7) is 6.75. The minimum absolute atomic E-state index is 0.261. The van der Waals surface area contributed by atoms with Gasteiger partial charge in [0.25, 0.3) is 0 Å². The summed E-state index contributed by atoms with van der Waals surface area (Å²) in [5.74, 6) is 1.18. The number of nitrogens with zero attached hydrogens (tertiary/aromatic N) is 2. The second-order valence-electron chi connectivity index (χ2n) is 6.75. The first-order valence-electron chi connectivity index (χ1n) is 7.33. The molecule has 1 heterocycles. The van der Waals surface area contributed by atoms with E-state index in [-0.39, 0.29) is 11.5 Å². The molecule has 1 fully saturated rings. The highest BCUT2D eigenvalue weighted by Crippen LogP contribution is 2.44. The fourth-order valence-corrected chi connectivity index (χ4v) is 3.81. The first kappa shape index (κ1) is 12.2. The summed E-state index contributed by atoms with van der Waals surface area (Å²) in [5, 5.41) is 0. The van der Waals surface area contributed by atoms with Crippen molar-refractivity contribution in [2.75, 3.05) is 0 Å². The monoisotopic (exact) mass is 247 g/mol. The van der Waals surface area contributed by atoms with Gasteiger partial charge in [0.05, 0.1) is 11.7 Å². The van der Waals surface area contributed by atoms with Crippen molar-refractivity contribution in [1.82, 2.24) is 9.55 Å². The second-order valence-corrected chi connectivity index (χ2v) is 6.75. The Bertz CT molecular complexity index is 459. The van der Waals surface area contributed by atoms with Crippen LogP contribution in [0.4, 0.5) is 0 Å². The quantitative estimate of drug-likeness (QED) is 0.829. The number of hydrogen-bond acceptors (Lipinski definition) is 2. The van der Waals surface area contributed by atoms with Gasteiger partial charge in [-0.3, -0.25) is 0 Å². The Morgan fingerprint density at radius 3 is 2.67 bits per heavy atom. The van der Waals surface area contributed by atoms with Crippen molar-refractivity contribution in [2.24, 2.45) is 11.1 Å². The molecule has 0 aliphatic heterocycles. The first-order valence-corrected chi connectivity index (χ1v) is 7.33. The van der Waals surface area contributed by atoms with E-state index in [0.29, 0.717) is 6.04 Å². The Kier molecular flexibility index (Phi) is 2.77. The molecular weight excluding hydrogens is 222 g/mol. The Balaban J connectivity index is 2.00. The standard InChI is InChI=1S/C15H25N3/c1-10-17-11-6-4-5-7-12(11)18(10)13-8-9-15(2,3)14(13)16/h13-14H,4-9,16H2,1-3H3. The van der Waals surface area contributed by atoms with Gasteiger partial charge in [-0.1, -0.05) is 13.8 Å². The molecule has 100 valence electrons. The molecule has 3 heteroatoms. The predicted molar refractivity (Wildman–Crippen MR) is 73.6 cm³/mol. The third-order valence-corrected chi connectivity index (χ3v) is 5.08. The highest BCUT2D eigenvalue weighted by Gasteiger charge is 2.41. The van der Waals surface area contributed by atoms with Crippen molar-refractivity contribution in [3.05, 3.63) is 17.2 Å². The van der Waals surface area contributed by atoms with Crippen molar-refractivity contribution in [3.8, 4) is 0 Å². The summed E-state index contributed by atoms with van der Waals surface area (Å²) < 4.78 is 2.48. The lowest BCUT2D eigenvalue weighted by Gasteiger charge is -2.29. The van der Waals surface area contributed by atoms with Crippen LogP contribution in [-0.4, -0.2) is 15.6 Å². The molecule has 2 unspecified atom stereocenters. The van der Waals surface area contributed by atoms with Crippen LogP contribution >= 0.6 is 0 Å². The topological polar surface area (TPSA) is 43.8 Å². The Morgan fingerprint density at radius 1 is 1.28 bits per heavy atom. The zero-order chi connectivity index (χ0) is 12.9. The Morgan fingerprint density at radius 2 is 2.00 bits per heavy atom. The minimum atomic E-state index is 0.261. The predicted octanol–water partition coefficient (Wildman–Crippen LogP) is 2.76. The van der Waals surface area contributed by atoms with Gasteiger partial charge in [-0.15, -0.1) is 0 Å². The maximum atomic E-state index is 6.50. The molecule has 0 aromatic carbocycles. The van der Waals surface area contributed by atoms with Crippen LogP contribution in [0, 0.1) is 12.3 Å². The molecule has 2 aliphatic rings. The van der Waals surface area contributed by atoms with E-state index in [9.17, 15) is 0 Å². The van der Waals surface area contributed by atoms with Gasteiger partial charge < -0.3 is 10.3 Å². The van der Waals surface area contributed by atoms with Gasteiger partial charge in [-0.05, 0) is 50.9 Å². The number of rotatable bonds is 1. The van der Waals surface area contributed by atoms with Gasteiger partial charge in [0.1, 0.15) is 5.82 Å². The zero-order valence-corrected chi connectivity index (χ0v) is 11.9. The summed E-state index contributed by atoms with van der Waals surface area (Å²) in [6, 6.07) is 0.728. The van der Waals surface area contributed by atoms with Gasteiger partial charge in [-0.2, -0.15) is 0 Å². The van der Waals surface area contributed by atoms with Crippen LogP contribution in [-0.2, 0) is 12.8 Å². The van der Waals surface area contributed by atoms with Gasteiger partial charge in [0.15, 0.2) is 0 Å². The summed E-state index contributed by atoms with van der Waals surface area (Å²) in [6.07, 6.45) is 7.40. The molecule has 0 amide bonds. The molecule has 2 aliphatic carbocycles. The normalized spacial score (nSPS) is 30.4. The molecule has 3 nitrogen and oxygen atoms in total. The van der Waals surface area contributed by atoms with Gasteiger partial charge in [0, 0.05) is 11.7 Å². The van der Waals surface area contributed by atoms with E-state index in [2.05, 4.69) is 25.3 Å². The van der Waals surface area contributed by atoms with E-state index in [4.69, 9.17) is 10.7 Å². The van der Waals surface area contributed by atoms with Crippen LogP contribution in [0.5, 0.6) is 0 Å². The molecule has 0 saturated heterocycles. The summed E-state index contributed by atoms with van der Waals surface area (Å²) in [4.78, 5) is 4.79. The van der Waals surface area contributed by atoms with Crippen LogP contribution in [0.1, 0.15) is 62.8 Å². The lowest BCUT2D eigenvalue weighted by Crippen LogP contribution is -2.38. The second kappa shape index (κ2) is 4.09. The van der Waals surface area contributed by atoms with Crippen LogP contribution in [0.15, 0.2) is 0 Å². The van der Waals surface area contributed by atoms with Crippen LogP contribution in [0.25, 0.3) is 0 Å². The third kappa shape index (κ3) is 1.71. The number of imidazole rings is 1. The average molecular weight is 247 g/mol. The number of aryl methyl sites for hydroxylation is 2. The molecule has 0 radical (unpaired) electrons. The SMILES string of the molecule is Cc1nc2c(n1C1CCC(C)(C)C1N)CCCC2. The van der Waals surface area contributed by atoms with Crippen LogP contribution < -0.4 is 5.73 Å². The fraction of sp³-hybridized carbons (Fsp3) is 0.800. The number of nitrogens with two attached hydrogens (primary N) is 1. The summed E-state index contributed by atoms with van der Waals surface area (Å²) in [5.41, 5.74) is 9.59. The number of hydrogen-bond donors (Lipinski definition) is 1. The van der Waals surface area contributed by atoms with Crippen LogP contribution in [0.3, 0.4) is 0 Å². The van der Waals surface area contributed by atoms with E-state index in [1.807, 2.05) is 0 Å². The zero-order valence-electron chi connectivity index (χ0n) is 11.9. The van der Waals surface area contributed by atoms with Crippen molar-refractivity contribution < 1.29 is 0 Å². The number of aromatic nitrogens is 2. The minimum Gasteiger partial charge on any atom is -0.327 e. The van der Waals surface area contributed by atoms with Gasteiger partial charge in [0.2, 0.25) is 0 Å². The third-order valence-electron chi connectivity index (χ3n) is 5.08. The molecule has 0 bridgehead atoms. The maximum Gasteiger partial charge on any atom is 0.106 e. The summed E-state index contributed by atoms with van der Waals surface area (Å²) >= 11 is 0. The van der Waals surface area contributed by atoms with E-state index < -0.39 is 0 Å². The fourth-order valence-electron chi connectivity index (χ4n) is 3.81. The molecule has 1 aromatic heterocycles. The average Bonchev–Trinajstić information content (AvgIpc) is 2.78. The Hall–Kier alpha value is -0.830. The van der Waals surface area contributed by atoms with Gasteiger partial charge >= 0.3 is 0 Å². The lowest BCUT2D eigenvalue weighted by atomic mass is 9.87. The van der Waals surface area contributed by atoms with E-state index in [1.54, 1.807) is 0 Å². The van der Waals surface area contributed by atoms with Crippen molar-refractivity contribution in [1.29, 1.82) is 0 Å². The van der Waals surface area contributed by atoms with Crippen molar-refractivity contribution >= 4 is 0 Å². The van der Waals surface area contributed by atoms with Crippen molar-refractivity contribution in [3.63, 3.8) is 0 Å². The molecule has 1 saturated carbocycles. The largest absolute Gasteiger partial charge is 0.327 e. The number of fused-ring (bicyclic) bond motifs is 1. The van der Waals surface area contributed by atoms with E-state index in [1.165, 1.54) is 49.3 Å². The molecule has 0 spiro atoms. The first-order chi connectivity index (χ1) is 8.50. The molecule has 2 atom stereocenters. The highest BCUT2D eigenvalue weighted by molar-refractivity contribution is 5.22. The van der Waals surface area contributed by atoms with Gasteiger partial charge in [-0.25, -0.2) is 4.98 Å². The van der Waals surface area contributed by atoms with Crippen molar-refractivity contribution in [2.45, 2.75) is 71.4 Å². The lowest BCUT2D eigenvalue weighted by molar-refractivity contribution is 0.295. The van der Waals surface area contributed by atoms with Crippen LogP contribution in [0.2, 0.25) is 0 Å². The summed E-state index contributed by atoms with van der Waals surface area (Å²) in [7, 11) is 0. The molecular formula is C15H25N3. The molecule has 18 heavy (non-hydrogen) atoms. The maximum absolute atomic E-state index is 6.50. The highest BCUT2D eigenvalue weighted by atomic mass is 15.1.